The Labute approximate surface area is 112 Å². The van der Waals surface area contributed by atoms with Crippen molar-refractivity contribution in [2.24, 2.45) is 5.92 Å². The van der Waals surface area contributed by atoms with E-state index in [0.717, 1.165) is 12.0 Å². The topological polar surface area (TPSA) is 83.5 Å². The van der Waals surface area contributed by atoms with Gasteiger partial charge in [-0.3, -0.25) is 4.79 Å². The number of aryl methyl sites for hydroxylation is 1. The average molecular weight is 283 g/mol. The number of carboxylic acid groups (broad SMARTS) is 1. The number of sulfonamides is 1. The summed E-state index contributed by atoms with van der Waals surface area (Å²) in [5.41, 5.74) is 0.958. The fraction of sp³-hybridized carbons (Fsp3) is 0.462. The van der Waals surface area contributed by atoms with E-state index in [9.17, 15) is 13.2 Å². The maximum Gasteiger partial charge on any atom is 0.306 e. The second kappa shape index (κ2) is 5.30. The Morgan fingerprint density at radius 3 is 2.68 bits per heavy atom. The smallest absolute Gasteiger partial charge is 0.306 e. The van der Waals surface area contributed by atoms with Crippen molar-refractivity contribution in [3.63, 3.8) is 0 Å². The molecular weight excluding hydrogens is 266 g/mol. The minimum atomic E-state index is -3.55. The Morgan fingerprint density at radius 1 is 1.42 bits per heavy atom. The van der Waals surface area contributed by atoms with E-state index in [-0.39, 0.29) is 10.9 Å². The van der Waals surface area contributed by atoms with Crippen LogP contribution in [0.2, 0.25) is 0 Å². The van der Waals surface area contributed by atoms with Gasteiger partial charge in [-0.05, 0) is 37.0 Å². The van der Waals surface area contributed by atoms with Crippen molar-refractivity contribution < 1.29 is 18.3 Å². The highest BCUT2D eigenvalue weighted by Crippen LogP contribution is 2.28. The van der Waals surface area contributed by atoms with Gasteiger partial charge in [-0.25, -0.2) is 13.1 Å². The van der Waals surface area contributed by atoms with Gasteiger partial charge in [0.2, 0.25) is 10.0 Å². The lowest BCUT2D eigenvalue weighted by Crippen LogP contribution is -2.46. The van der Waals surface area contributed by atoms with Gasteiger partial charge < -0.3 is 5.11 Å². The van der Waals surface area contributed by atoms with E-state index in [4.69, 9.17) is 5.11 Å². The van der Waals surface area contributed by atoms with E-state index < -0.39 is 21.9 Å². The Bertz CT molecular complexity index is 576. The van der Waals surface area contributed by atoms with Crippen molar-refractivity contribution in [2.45, 2.75) is 37.1 Å². The molecule has 2 rings (SSSR count). The van der Waals surface area contributed by atoms with Gasteiger partial charge in [0.05, 0.1) is 10.8 Å². The Morgan fingerprint density at radius 2 is 2.11 bits per heavy atom. The van der Waals surface area contributed by atoms with Gasteiger partial charge in [0.1, 0.15) is 0 Å². The standard InChI is InChI=1S/C13H17NO4S/c1-2-9-4-3-5-12(6-9)19(17,18)14-11-7-10(8-11)13(15)16/h3-6,10-11,14H,2,7-8H2,1H3,(H,15,16). The number of carbonyl (C=O) groups is 1. The second-order valence-corrected chi connectivity index (χ2v) is 6.54. The highest BCUT2D eigenvalue weighted by molar-refractivity contribution is 7.89. The molecule has 0 spiro atoms. The first-order chi connectivity index (χ1) is 8.92. The number of benzene rings is 1. The second-order valence-electron chi connectivity index (χ2n) is 4.83. The molecule has 2 N–H and O–H groups in total. The number of hydrogen-bond acceptors (Lipinski definition) is 3. The molecule has 0 aliphatic heterocycles. The number of aliphatic carboxylic acids is 1. The normalized spacial score (nSPS) is 22.8. The summed E-state index contributed by atoms with van der Waals surface area (Å²) in [6.45, 7) is 1.96. The van der Waals surface area contributed by atoms with Crippen molar-refractivity contribution in [1.82, 2.24) is 4.72 Å². The van der Waals surface area contributed by atoms with Crippen LogP contribution in [-0.2, 0) is 21.2 Å². The Kier molecular flexibility index (Phi) is 3.91. The maximum atomic E-state index is 12.1. The zero-order chi connectivity index (χ0) is 14.0. The maximum absolute atomic E-state index is 12.1. The molecule has 19 heavy (non-hydrogen) atoms. The Hall–Kier alpha value is -1.40. The summed E-state index contributed by atoms with van der Waals surface area (Å²) in [6.07, 6.45) is 1.50. The summed E-state index contributed by atoms with van der Waals surface area (Å²) in [4.78, 5) is 10.9. The minimum absolute atomic E-state index is 0.241. The number of carboxylic acids is 1. The number of rotatable bonds is 5. The summed E-state index contributed by atoms with van der Waals surface area (Å²) in [5, 5.41) is 8.76. The van der Waals surface area contributed by atoms with Gasteiger partial charge in [-0.2, -0.15) is 0 Å². The Balaban J connectivity index is 2.05. The zero-order valence-corrected chi connectivity index (χ0v) is 11.5. The van der Waals surface area contributed by atoms with Crippen LogP contribution in [0.5, 0.6) is 0 Å². The molecule has 0 unspecified atom stereocenters. The quantitative estimate of drug-likeness (QED) is 0.855. The SMILES string of the molecule is CCc1cccc(S(=O)(=O)NC2CC(C(=O)O)C2)c1. The van der Waals surface area contributed by atoms with Crippen LogP contribution in [0, 0.1) is 5.92 Å². The molecule has 0 heterocycles. The molecule has 1 saturated carbocycles. The lowest BCUT2D eigenvalue weighted by atomic mass is 9.81. The van der Waals surface area contributed by atoms with E-state index >= 15 is 0 Å². The number of nitrogens with one attached hydrogen (secondary N) is 1. The summed E-state index contributed by atoms with van der Waals surface area (Å²) in [5.74, 6) is -1.28. The molecule has 0 aromatic heterocycles. The van der Waals surface area contributed by atoms with Gasteiger partial charge in [0, 0.05) is 6.04 Å². The van der Waals surface area contributed by atoms with Crippen LogP contribution in [0.1, 0.15) is 25.3 Å². The molecule has 1 fully saturated rings. The number of hydrogen-bond donors (Lipinski definition) is 2. The van der Waals surface area contributed by atoms with Crippen LogP contribution in [0.25, 0.3) is 0 Å². The largest absolute Gasteiger partial charge is 0.481 e. The van der Waals surface area contributed by atoms with Gasteiger partial charge in [0.25, 0.3) is 0 Å². The molecule has 0 amide bonds. The summed E-state index contributed by atoms with van der Waals surface area (Å²) >= 11 is 0. The van der Waals surface area contributed by atoms with Crippen molar-refractivity contribution in [3.8, 4) is 0 Å². The average Bonchev–Trinajstić information content (AvgIpc) is 2.33. The minimum Gasteiger partial charge on any atom is -0.481 e. The first-order valence-corrected chi connectivity index (χ1v) is 7.74. The fourth-order valence-electron chi connectivity index (χ4n) is 2.14. The highest BCUT2D eigenvalue weighted by atomic mass is 32.2. The third kappa shape index (κ3) is 3.13. The highest BCUT2D eigenvalue weighted by Gasteiger charge is 2.36. The molecule has 1 aliphatic carbocycles. The van der Waals surface area contributed by atoms with Gasteiger partial charge in [-0.1, -0.05) is 19.1 Å². The molecule has 1 aromatic rings. The lowest BCUT2D eigenvalue weighted by molar-refractivity contribution is -0.145. The van der Waals surface area contributed by atoms with E-state index in [1.54, 1.807) is 18.2 Å². The molecule has 1 aromatic carbocycles. The molecule has 5 nitrogen and oxygen atoms in total. The van der Waals surface area contributed by atoms with Crippen LogP contribution < -0.4 is 4.72 Å². The van der Waals surface area contributed by atoms with Gasteiger partial charge in [0.15, 0.2) is 0 Å². The van der Waals surface area contributed by atoms with E-state index in [1.807, 2.05) is 13.0 Å². The first-order valence-electron chi connectivity index (χ1n) is 6.26. The first kappa shape index (κ1) is 14.0. The predicted molar refractivity (Wildman–Crippen MR) is 70.3 cm³/mol. The lowest BCUT2D eigenvalue weighted by Gasteiger charge is -2.32. The monoisotopic (exact) mass is 283 g/mol. The van der Waals surface area contributed by atoms with Crippen LogP contribution >= 0.6 is 0 Å². The van der Waals surface area contributed by atoms with Gasteiger partial charge in [-0.15, -0.1) is 0 Å². The predicted octanol–water partition coefficient (Wildman–Crippen LogP) is 1.39. The van der Waals surface area contributed by atoms with E-state index in [0.29, 0.717) is 12.8 Å². The molecule has 104 valence electrons. The molecular formula is C13H17NO4S. The zero-order valence-electron chi connectivity index (χ0n) is 10.7. The fourth-order valence-corrected chi connectivity index (χ4v) is 3.47. The van der Waals surface area contributed by atoms with E-state index in [1.165, 1.54) is 0 Å². The van der Waals surface area contributed by atoms with Crippen LogP contribution in [0.3, 0.4) is 0 Å². The van der Waals surface area contributed by atoms with Crippen molar-refractivity contribution in [1.29, 1.82) is 0 Å². The summed E-state index contributed by atoms with van der Waals surface area (Å²) in [6, 6.07) is 6.53. The molecule has 0 saturated heterocycles. The summed E-state index contributed by atoms with van der Waals surface area (Å²) in [7, 11) is -3.55. The molecule has 0 bridgehead atoms. The van der Waals surface area contributed by atoms with Crippen LogP contribution in [0.4, 0.5) is 0 Å². The third-order valence-corrected chi connectivity index (χ3v) is 4.94. The van der Waals surface area contributed by atoms with Gasteiger partial charge >= 0.3 is 5.97 Å². The summed E-state index contributed by atoms with van der Waals surface area (Å²) < 4.78 is 26.8. The van der Waals surface area contributed by atoms with Crippen LogP contribution in [0.15, 0.2) is 29.2 Å². The molecule has 0 atom stereocenters. The van der Waals surface area contributed by atoms with E-state index in [2.05, 4.69) is 4.72 Å². The molecule has 1 aliphatic rings. The molecule has 6 heteroatoms. The third-order valence-electron chi connectivity index (χ3n) is 3.43. The van der Waals surface area contributed by atoms with Crippen molar-refractivity contribution in [2.75, 3.05) is 0 Å². The van der Waals surface area contributed by atoms with Crippen molar-refractivity contribution in [3.05, 3.63) is 29.8 Å². The van der Waals surface area contributed by atoms with Crippen LogP contribution in [-0.4, -0.2) is 25.5 Å². The molecule has 0 radical (unpaired) electrons. The van der Waals surface area contributed by atoms with Crippen molar-refractivity contribution >= 4 is 16.0 Å².